The van der Waals surface area contributed by atoms with Crippen molar-refractivity contribution in [2.24, 2.45) is 0 Å². The van der Waals surface area contributed by atoms with Crippen LogP contribution in [0.25, 0.3) is 0 Å². The monoisotopic (exact) mass is 194 g/mol. The van der Waals surface area contributed by atoms with Crippen LogP contribution < -0.4 is 0 Å². The second kappa shape index (κ2) is 3.08. The normalized spacial score (nSPS) is 11.4. The highest BCUT2D eigenvalue weighted by atomic mass is 19.4. The van der Waals surface area contributed by atoms with Gasteiger partial charge in [0.05, 0.1) is 13.3 Å². The Morgan fingerprint density at radius 1 is 1.62 bits per heavy atom. The predicted molar refractivity (Wildman–Crippen MR) is 34.9 cm³/mol. The molecule has 0 atom stereocenters. The summed E-state index contributed by atoms with van der Waals surface area (Å²) < 4.78 is 40.0. The van der Waals surface area contributed by atoms with Gasteiger partial charge in [-0.1, -0.05) is 0 Å². The van der Waals surface area contributed by atoms with Crippen LogP contribution in [0.15, 0.2) is 6.20 Å². The van der Waals surface area contributed by atoms with Crippen molar-refractivity contribution in [2.75, 3.05) is 7.11 Å². The van der Waals surface area contributed by atoms with Crippen molar-refractivity contribution in [2.45, 2.75) is 6.18 Å². The molecule has 0 unspecified atom stereocenters. The van der Waals surface area contributed by atoms with Crippen LogP contribution in [0.2, 0.25) is 0 Å². The van der Waals surface area contributed by atoms with Gasteiger partial charge in [0.2, 0.25) is 5.82 Å². The summed E-state index contributed by atoms with van der Waals surface area (Å²) in [4.78, 5) is 15.5. The predicted octanol–water partition coefficient (Wildman–Crippen LogP) is 1.22. The van der Waals surface area contributed by atoms with Crippen molar-refractivity contribution in [3.8, 4) is 0 Å². The van der Waals surface area contributed by atoms with Crippen LogP contribution in [-0.2, 0) is 10.9 Å². The molecule has 0 saturated heterocycles. The average Bonchev–Trinajstić information content (AvgIpc) is 2.50. The molecule has 0 aromatic carbocycles. The Labute approximate surface area is 70.7 Å². The summed E-state index contributed by atoms with van der Waals surface area (Å²) in [6.45, 7) is 0. The highest BCUT2D eigenvalue weighted by Gasteiger charge is 2.35. The second-order valence-corrected chi connectivity index (χ2v) is 2.13. The third-order valence-corrected chi connectivity index (χ3v) is 1.25. The zero-order chi connectivity index (χ0) is 10.1. The number of alkyl halides is 3. The Kier molecular flexibility index (Phi) is 2.26. The number of aromatic nitrogens is 2. The maximum atomic E-state index is 11.9. The number of aromatic amines is 1. The molecule has 1 aromatic heterocycles. The van der Waals surface area contributed by atoms with Crippen molar-refractivity contribution in [1.29, 1.82) is 0 Å². The highest BCUT2D eigenvalue weighted by molar-refractivity contribution is 5.86. The van der Waals surface area contributed by atoms with Gasteiger partial charge in [-0.25, -0.2) is 9.78 Å². The molecule has 0 aliphatic carbocycles. The van der Waals surface area contributed by atoms with Gasteiger partial charge in [-0.2, -0.15) is 13.2 Å². The molecule has 0 aliphatic rings. The lowest BCUT2D eigenvalue weighted by atomic mass is 10.5. The summed E-state index contributed by atoms with van der Waals surface area (Å²) in [5, 5.41) is 0. The largest absolute Gasteiger partial charge is 0.464 e. The van der Waals surface area contributed by atoms with E-state index in [0.29, 0.717) is 0 Å². The number of hydrogen-bond acceptors (Lipinski definition) is 3. The van der Waals surface area contributed by atoms with Gasteiger partial charge in [0.15, 0.2) is 0 Å². The van der Waals surface area contributed by atoms with E-state index in [0.717, 1.165) is 13.3 Å². The fraction of sp³-hybridized carbons (Fsp3) is 0.333. The third kappa shape index (κ3) is 1.98. The van der Waals surface area contributed by atoms with E-state index in [-0.39, 0.29) is 5.69 Å². The van der Waals surface area contributed by atoms with Gasteiger partial charge in [-0.15, -0.1) is 0 Å². The van der Waals surface area contributed by atoms with Gasteiger partial charge in [-0.05, 0) is 0 Å². The van der Waals surface area contributed by atoms with Gasteiger partial charge in [-0.3, -0.25) is 0 Å². The van der Waals surface area contributed by atoms with Gasteiger partial charge in [0.25, 0.3) is 0 Å². The molecule has 1 aromatic rings. The summed E-state index contributed by atoms with van der Waals surface area (Å²) in [5.41, 5.74) is -0.324. The molecule has 0 radical (unpaired) electrons. The number of carbonyl (C=O) groups is 1. The lowest BCUT2D eigenvalue weighted by molar-refractivity contribution is -0.144. The number of ether oxygens (including phenoxy) is 1. The molecule has 4 nitrogen and oxygen atoms in total. The second-order valence-electron chi connectivity index (χ2n) is 2.13. The van der Waals surface area contributed by atoms with E-state index in [1.165, 1.54) is 0 Å². The number of imidazole rings is 1. The van der Waals surface area contributed by atoms with E-state index in [1.54, 1.807) is 4.98 Å². The van der Waals surface area contributed by atoms with Crippen LogP contribution in [0.3, 0.4) is 0 Å². The Morgan fingerprint density at radius 2 is 2.23 bits per heavy atom. The van der Waals surface area contributed by atoms with Crippen LogP contribution in [0, 0.1) is 0 Å². The Balaban J connectivity index is 2.93. The molecule has 0 spiro atoms. The average molecular weight is 194 g/mol. The molecular formula is C6H5F3N2O2. The van der Waals surface area contributed by atoms with E-state index in [1.807, 2.05) is 0 Å². The maximum Gasteiger partial charge on any atom is 0.449 e. The first-order valence-electron chi connectivity index (χ1n) is 3.15. The SMILES string of the molecule is COC(=O)c1cnc(C(F)(F)F)[nH]1. The smallest absolute Gasteiger partial charge is 0.449 e. The summed E-state index contributed by atoms with van der Waals surface area (Å²) in [7, 11) is 1.07. The van der Waals surface area contributed by atoms with E-state index in [4.69, 9.17) is 0 Å². The number of hydrogen-bond donors (Lipinski definition) is 1. The molecule has 1 rings (SSSR count). The molecule has 0 saturated carbocycles. The first kappa shape index (κ1) is 9.56. The quantitative estimate of drug-likeness (QED) is 0.683. The van der Waals surface area contributed by atoms with Crippen LogP contribution >= 0.6 is 0 Å². The molecule has 0 amide bonds. The number of halogens is 3. The van der Waals surface area contributed by atoms with Crippen LogP contribution in [0.4, 0.5) is 13.2 Å². The lowest BCUT2D eigenvalue weighted by Gasteiger charge is -1.99. The first-order valence-corrected chi connectivity index (χ1v) is 3.15. The molecular weight excluding hydrogens is 189 g/mol. The lowest BCUT2D eigenvalue weighted by Crippen LogP contribution is -2.08. The summed E-state index contributed by atoms with van der Waals surface area (Å²) in [6.07, 6.45) is -3.80. The fourth-order valence-electron chi connectivity index (χ4n) is 0.679. The molecule has 0 aliphatic heterocycles. The molecule has 1 heterocycles. The number of methoxy groups -OCH3 is 1. The van der Waals surface area contributed by atoms with E-state index >= 15 is 0 Å². The van der Waals surface area contributed by atoms with Gasteiger partial charge in [0.1, 0.15) is 5.69 Å². The zero-order valence-corrected chi connectivity index (χ0v) is 6.47. The number of rotatable bonds is 1. The third-order valence-electron chi connectivity index (χ3n) is 1.25. The zero-order valence-electron chi connectivity index (χ0n) is 6.47. The van der Waals surface area contributed by atoms with Crippen molar-refractivity contribution in [3.63, 3.8) is 0 Å². The minimum Gasteiger partial charge on any atom is -0.464 e. The molecule has 7 heteroatoms. The number of nitrogens with zero attached hydrogens (tertiary/aromatic N) is 1. The van der Waals surface area contributed by atoms with Crippen LogP contribution in [-0.4, -0.2) is 23.0 Å². The van der Waals surface area contributed by atoms with Gasteiger partial charge >= 0.3 is 12.1 Å². The number of carbonyl (C=O) groups excluding carboxylic acids is 1. The molecule has 72 valence electrons. The molecule has 1 N–H and O–H groups in total. The summed E-state index contributed by atoms with van der Waals surface area (Å²) >= 11 is 0. The fourth-order valence-corrected chi connectivity index (χ4v) is 0.679. The highest BCUT2D eigenvalue weighted by Crippen LogP contribution is 2.26. The topological polar surface area (TPSA) is 55.0 Å². The standard InChI is InChI=1S/C6H5F3N2O2/c1-13-4(12)3-2-10-5(11-3)6(7,8)9/h2H,1H3,(H,10,11). The van der Waals surface area contributed by atoms with Crippen molar-refractivity contribution in [3.05, 3.63) is 17.7 Å². The van der Waals surface area contributed by atoms with Crippen LogP contribution in [0.1, 0.15) is 16.3 Å². The number of esters is 1. The van der Waals surface area contributed by atoms with E-state index < -0.39 is 18.0 Å². The molecule has 0 bridgehead atoms. The van der Waals surface area contributed by atoms with Crippen molar-refractivity contribution >= 4 is 5.97 Å². The summed E-state index contributed by atoms with van der Waals surface area (Å²) in [5.74, 6) is -2.10. The number of nitrogens with one attached hydrogen (secondary N) is 1. The number of H-pyrrole nitrogens is 1. The van der Waals surface area contributed by atoms with Gasteiger partial charge in [0, 0.05) is 0 Å². The van der Waals surface area contributed by atoms with Gasteiger partial charge < -0.3 is 9.72 Å². The first-order chi connectivity index (χ1) is 5.95. The Morgan fingerprint density at radius 3 is 2.62 bits per heavy atom. The maximum absolute atomic E-state index is 11.9. The minimum atomic E-state index is -4.58. The van der Waals surface area contributed by atoms with E-state index in [9.17, 15) is 18.0 Å². The van der Waals surface area contributed by atoms with Crippen molar-refractivity contribution < 1.29 is 22.7 Å². The molecule has 0 fully saturated rings. The summed E-state index contributed by atoms with van der Waals surface area (Å²) in [6, 6.07) is 0. The van der Waals surface area contributed by atoms with Crippen molar-refractivity contribution in [1.82, 2.24) is 9.97 Å². The Hall–Kier alpha value is -1.53. The van der Waals surface area contributed by atoms with Crippen LogP contribution in [0.5, 0.6) is 0 Å². The minimum absolute atomic E-state index is 0.324. The molecule has 13 heavy (non-hydrogen) atoms. The van der Waals surface area contributed by atoms with E-state index in [2.05, 4.69) is 9.72 Å². The Bertz CT molecular complexity index is 318.